The molecule has 10 nitrogen and oxygen atoms in total. The Kier molecular flexibility index (Phi) is 15.9. The fourth-order valence-corrected chi connectivity index (χ4v) is 17.0. The average molecular weight is 1270 g/mol. The third-order valence-electron chi connectivity index (χ3n) is 20.6. The fraction of sp³-hybridized carbons (Fsp3) is 0.286. The third kappa shape index (κ3) is 10.9. The van der Waals surface area contributed by atoms with Gasteiger partial charge in [-0.05, 0) is 153 Å². The fourth-order valence-electron chi connectivity index (χ4n) is 17.0. The van der Waals surface area contributed by atoms with E-state index in [0.29, 0.717) is 13.2 Å². The molecular formula is C84H81FN2O8. The molecule has 4 aliphatic heterocycles. The van der Waals surface area contributed by atoms with Gasteiger partial charge >= 0.3 is 0 Å². The average Bonchev–Trinajstić information content (AvgIpc) is 1.55. The predicted octanol–water partition coefficient (Wildman–Crippen LogP) is 17.9. The number of hydrogen-bond acceptors (Lipinski definition) is 10. The largest absolute Gasteiger partial charge is 0.497 e. The molecule has 0 aromatic heterocycles. The van der Waals surface area contributed by atoms with Gasteiger partial charge < -0.3 is 48.1 Å². The number of hydrogen-bond donors (Lipinski definition) is 1. The molecule has 10 aromatic carbocycles. The van der Waals surface area contributed by atoms with E-state index in [1.54, 1.807) is 33.5 Å². The molecule has 1 atom stereocenters. The number of rotatable bonds is 11. The maximum Gasteiger partial charge on any atom is 0.178 e. The number of nitrogens with zero attached hydrogens (tertiary/aromatic N) is 2. The van der Waals surface area contributed by atoms with Crippen LogP contribution in [0.15, 0.2) is 200 Å². The summed E-state index contributed by atoms with van der Waals surface area (Å²) in [6.07, 6.45) is 12.1. The molecule has 0 amide bonds. The van der Waals surface area contributed by atoms with Crippen molar-refractivity contribution in [2.75, 3.05) is 83.7 Å². The predicted molar refractivity (Wildman–Crippen MR) is 379 cm³/mol. The summed E-state index contributed by atoms with van der Waals surface area (Å²) >= 11 is 0. The molecule has 1 unspecified atom stereocenters. The molecule has 2 aliphatic carbocycles. The minimum absolute atomic E-state index is 0.00462. The zero-order valence-electron chi connectivity index (χ0n) is 55.3. The smallest absolute Gasteiger partial charge is 0.178 e. The number of aliphatic hydroxyl groups is 1. The van der Waals surface area contributed by atoms with Gasteiger partial charge in [-0.25, -0.2) is 4.39 Å². The van der Waals surface area contributed by atoms with Crippen molar-refractivity contribution in [2.45, 2.75) is 70.2 Å². The Morgan fingerprint density at radius 3 is 1.68 bits per heavy atom. The lowest BCUT2D eigenvalue weighted by atomic mass is 9.52. The summed E-state index contributed by atoms with van der Waals surface area (Å²) in [4.78, 5) is 4.70. The molecule has 1 saturated carbocycles. The first-order chi connectivity index (χ1) is 46.2. The standard InChI is InChI=1S/C51H50O5.C33H31FN2O3/c1-48(2)29-49(3,4)31-50(30-48)43-11-9-8-10-38(43)45-41-26-40(33-14-12-32(28-52)13-15-33)44(55-7)27-42(41)47-39(46(45)50)24-25-51(56-47,34-16-20-36(53-5)21-17-34)35-18-22-37(54-6)23-19-35;34-26-5-3-4-25(22-26)33(24-8-10-27(11-9-24)35-14-18-37-19-15-35)13-12-30-28-6-1-2-7-29(28)31(23-32(30)39-33)36-16-20-38-21-17-36/h8-27,52H,28-31H2,1-7H3;1-13,22-23H,14-21H2. The van der Waals surface area contributed by atoms with Crippen LogP contribution in [0.4, 0.5) is 15.8 Å². The molecule has 1 spiro atoms. The topological polar surface area (TPSA) is 91.3 Å². The SMILES string of the molecule is COc1ccc(C2(c3ccc(OC)cc3)C=Cc3c4c(c5cc(-c6ccc(CO)cc6)c(OC)cc5c3O2)-c2ccccc2C42CC(C)(C)CC(C)(C)C2)cc1.Fc1cccc(C2(c3ccc(N4CCOCC4)cc3)C=Cc3c(cc(N4CCOCC4)c4ccccc34)O2)c1. The van der Waals surface area contributed by atoms with Crippen LogP contribution in [0.25, 0.3) is 56.0 Å². The Bertz CT molecular complexity index is 4540. The van der Waals surface area contributed by atoms with E-state index in [4.69, 9.17) is 33.2 Å². The molecule has 10 aromatic rings. The van der Waals surface area contributed by atoms with Crippen molar-refractivity contribution in [3.05, 3.63) is 256 Å². The second-order valence-electron chi connectivity index (χ2n) is 27.8. The molecule has 1 N–H and O–H groups in total. The van der Waals surface area contributed by atoms with Crippen molar-refractivity contribution >= 4 is 45.1 Å². The first-order valence-electron chi connectivity index (χ1n) is 33.3. The quantitative estimate of drug-likeness (QED) is 0.135. The first kappa shape index (κ1) is 61.8. The van der Waals surface area contributed by atoms with Gasteiger partial charge in [-0.2, -0.15) is 0 Å². The highest BCUT2D eigenvalue weighted by Gasteiger charge is 2.56. The van der Waals surface area contributed by atoms with Crippen LogP contribution in [0, 0.1) is 16.6 Å². The van der Waals surface area contributed by atoms with Gasteiger partial charge in [-0.15, -0.1) is 0 Å². The van der Waals surface area contributed by atoms with E-state index in [0.717, 1.165) is 165 Å². The normalized spacial score (nSPS) is 19.1. The molecule has 3 fully saturated rings. The van der Waals surface area contributed by atoms with Gasteiger partial charge in [-0.1, -0.05) is 155 Å². The molecule has 0 radical (unpaired) electrons. The van der Waals surface area contributed by atoms with Crippen molar-refractivity contribution in [3.63, 3.8) is 0 Å². The molecule has 0 bridgehead atoms. The van der Waals surface area contributed by atoms with E-state index < -0.39 is 11.2 Å². The third-order valence-corrected chi connectivity index (χ3v) is 20.6. The lowest BCUT2D eigenvalue weighted by Gasteiger charge is -2.52. The van der Waals surface area contributed by atoms with Crippen molar-refractivity contribution < 1.29 is 42.7 Å². The Balaban J connectivity index is 0.000000167. The molecule has 2 saturated heterocycles. The Morgan fingerprint density at radius 1 is 0.495 bits per heavy atom. The van der Waals surface area contributed by atoms with Gasteiger partial charge in [0.25, 0.3) is 0 Å². The molecule has 4 heterocycles. The number of halogens is 1. The highest BCUT2D eigenvalue weighted by atomic mass is 19.1. The van der Waals surface area contributed by atoms with E-state index in [1.807, 2.05) is 42.5 Å². The zero-order chi connectivity index (χ0) is 65.3. The van der Waals surface area contributed by atoms with Gasteiger partial charge in [-0.3, -0.25) is 0 Å². The second kappa shape index (κ2) is 24.4. The lowest BCUT2D eigenvalue weighted by molar-refractivity contribution is 0.0641. The van der Waals surface area contributed by atoms with Crippen LogP contribution < -0.4 is 33.5 Å². The van der Waals surface area contributed by atoms with E-state index in [9.17, 15) is 9.50 Å². The molecule has 6 aliphatic rings. The van der Waals surface area contributed by atoms with E-state index in [-0.39, 0.29) is 28.7 Å². The van der Waals surface area contributed by atoms with Crippen LogP contribution in [0.2, 0.25) is 0 Å². The maximum atomic E-state index is 14.6. The van der Waals surface area contributed by atoms with E-state index >= 15 is 0 Å². The lowest BCUT2D eigenvalue weighted by Crippen LogP contribution is -2.44. The Labute approximate surface area is 556 Å². The number of benzene rings is 10. The van der Waals surface area contributed by atoms with Gasteiger partial charge in [0.15, 0.2) is 11.2 Å². The monoisotopic (exact) mass is 1260 g/mol. The van der Waals surface area contributed by atoms with Crippen LogP contribution in [0.3, 0.4) is 0 Å². The minimum atomic E-state index is -0.969. The Morgan fingerprint density at radius 2 is 1.07 bits per heavy atom. The van der Waals surface area contributed by atoms with Gasteiger partial charge in [0.05, 0.1) is 54.4 Å². The van der Waals surface area contributed by atoms with Gasteiger partial charge in [0, 0.05) is 98.8 Å². The second-order valence-corrected chi connectivity index (χ2v) is 27.8. The molecule has 11 heteroatoms. The van der Waals surface area contributed by atoms with Crippen LogP contribution in [0.1, 0.15) is 97.0 Å². The van der Waals surface area contributed by atoms with Crippen LogP contribution >= 0.6 is 0 Å². The summed E-state index contributed by atoms with van der Waals surface area (Å²) in [6.45, 7) is 16.1. The van der Waals surface area contributed by atoms with Crippen molar-refractivity contribution in [1.82, 2.24) is 0 Å². The number of morpholine rings is 2. The van der Waals surface area contributed by atoms with Crippen molar-refractivity contribution in [1.29, 1.82) is 0 Å². The molecule has 16 rings (SSSR count). The van der Waals surface area contributed by atoms with Crippen LogP contribution in [0.5, 0.6) is 28.7 Å². The van der Waals surface area contributed by atoms with Crippen molar-refractivity contribution in [2.24, 2.45) is 10.8 Å². The summed E-state index contributed by atoms with van der Waals surface area (Å²) in [7, 11) is 5.12. The highest BCUT2D eigenvalue weighted by Crippen LogP contribution is 2.67. The molecular weight excluding hydrogens is 1180 g/mol. The zero-order valence-corrected chi connectivity index (χ0v) is 55.3. The number of fused-ring (bicyclic) bond motifs is 13. The van der Waals surface area contributed by atoms with E-state index in [1.165, 1.54) is 33.7 Å². The summed E-state index contributed by atoms with van der Waals surface area (Å²) < 4.78 is 58.0. The number of anilines is 2. The first-order valence-corrected chi connectivity index (χ1v) is 33.3. The summed E-state index contributed by atoms with van der Waals surface area (Å²) in [6, 6.07) is 64.0. The summed E-state index contributed by atoms with van der Waals surface area (Å²) in [5, 5.41) is 14.3. The molecule has 95 heavy (non-hydrogen) atoms. The van der Waals surface area contributed by atoms with Crippen molar-refractivity contribution in [3.8, 4) is 51.0 Å². The van der Waals surface area contributed by atoms with Crippen LogP contribution in [-0.2, 0) is 32.7 Å². The minimum Gasteiger partial charge on any atom is -0.497 e. The number of aliphatic hydroxyl groups excluding tert-OH is 1. The Hall–Kier alpha value is -9.39. The number of methoxy groups -OCH3 is 3. The van der Waals surface area contributed by atoms with Gasteiger partial charge in [0.1, 0.15) is 34.6 Å². The maximum absolute atomic E-state index is 14.6. The number of ether oxygens (including phenoxy) is 7. The molecule has 482 valence electrons. The highest BCUT2D eigenvalue weighted by molar-refractivity contribution is 6.11. The van der Waals surface area contributed by atoms with Crippen LogP contribution in [-0.4, -0.2) is 79.0 Å². The summed E-state index contributed by atoms with van der Waals surface area (Å²) in [5.41, 5.74) is 14.5. The van der Waals surface area contributed by atoms with E-state index in [2.05, 4.69) is 189 Å². The summed E-state index contributed by atoms with van der Waals surface area (Å²) in [5.74, 6) is 3.69. The van der Waals surface area contributed by atoms with Gasteiger partial charge in [0.2, 0.25) is 0 Å².